The van der Waals surface area contributed by atoms with Crippen molar-refractivity contribution < 1.29 is 13.8 Å². The minimum atomic E-state index is -1.09. The summed E-state index contributed by atoms with van der Waals surface area (Å²) in [5, 5.41) is 3.21. The number of benzene rings is 2. The van der Waals surface area contributed by atoms with Crippen molar-refractivity contribution in [3.63, 3.8) is 0 Å². The number of anilines is 1. The second-order valence-corrected chi connectivity index (χ2v) is 7.01. The average Bonchev–Trinajstić information content (AvgIpc) is 2.54. The van der Waals surface area contributed by atoms with Gasteiger partial charge in [-0.05, 0) is 42.5 Å². The molecule has 0 radical (unpaired) electrons. The van der Waals surface area contributed by atoms with Crippen LogP contribution in [0.4, 0.5) is 5.69 Å². The maximum atomic E-state index is 12.3. The van der Waals surface area contributed by atoms with Gasteiger partial charge in [-0.1, -0.05) is 17.7 Å². The molecule has 2 aromatic rings. The summed E-state index contributed by atoms with van der Waals surface area (Å²) >= 11 is 5.86. The number of rotatable bonds is 5. The zero-order valence-corrected chi connectivity index (χ0v) is 14.9. The van der Waals surface area contributed by atoms with E-state index in [1.165, 1.54) is 4.90 Å². The molecule has 0 fully saturated rings. The van der Waals surface area contributed by atoms with Gasteiger partial charge in [0.05, 0.1) is 6.54 Å². The standard InChI is InChI=1S/C17H17ClN2O3S/c1-20(11-16(21)19-14-5-3-4-13(18)10-14)17(22)12-6-8-15(9-7-12)24(2)23/h3-10H,11H2,1-2H3,(H,19,21)/t24-/m1/s1. The molecule has 2 aromatic carbocycles. The van der Waals surface area contributed by atoms with E-state index < -0.39 is 10.8 Å². The molecule has 0 aliphatic carbocycles. The Bertz CT molecular complexity index is 778. The number of nitrogens with zero attached hydrogens (tertiary/aromatic N) is 1. The van der Waals surface area contributed by atoms with Gasteiger partial charge >= 0.3 is 0 Å². The lowest BCUT2D eigenvalue weighted by atomic mass is 10.2. The Labute approximate surface area is 148 Å². The predicted molar refractivity (Wildman–Crippen MR) is 95.8 cm³/mol. The SMILES string of the molecule is CN(CC(=O)Nc1cccc(Cl)c1)C(=O)c1ccc([S@@](C)=O)cc1. The Kier molecular flexibility index (Phi) is 6.11. The van der Waals surface area contributed by atoms with E-state index in [4.69, 9.17) is 11.6 Å². The molecule has 1 atom stereocenters. The van der Waals surface area contributed by atoms with Crippen LogP contribution < -0.4 is 5.32 Å². The summed E-state index contributed by atoms with van der Waals surface area (Å²) in [7, 11) is 0.453. The van der Waals surface area contributed by atoms with Crippen LogP contribution in [0.15, 0.2) is 53.4 Å². The van der Waals surface area contributed by atoms with Gasteiger partial charge in [-0.15, -0.1) is 0 Å². The van der Waals surface area contributed by atoms with Crippen molar-refractivity contribution in [2.75, 3.05) is 25.2 Å². The predicted octanol–water partition coefficient (Wildman–Crippen LogP) is 2.79. The number of nitrogens with one attached hydrogen (secondary N) is 1. The van der Waals surface area contributed by atoms with Gasteiger partial charge in [0, 0.05) is 45.3 Å². The van der Waals surface area contributed by atoms with Gasteiger partial charge < -0.3 is 10.2 Å². The Balaban J connectivity index is 1.97. The van der Waals surface area contributed by atoms with E-state index in [0.29, 0.717) is 21.2 Å². The minimum Gasteiger partial charge on any atom is -0.332 e. The summed E-state index contributed by atoms with van der Waals surface area (Å²) < 4.78 is 11.4. The van der Waals surface area contributed by atoms with Crippen molar-refractivity contribution >= 4 is 39.9 Å². The van der Waals surface area contributed by atoms with E-state index in [1.54, 1.807) is 61.8 Å². The molecule has 1 N–H and O–H groups in total. The van der Waals surface area contributed by atoms with E-state index >= 15 is 0 Å². The molecule has 0 spiro atoms. The molecule has 2 rings (SSSR count). The molecule has 126 valence electrons. The Morgan fingerprint density at radius 1 is 1.17 bits per heavy atom. The second kappa shape index (κ2) is 8.08. The molecule has 0 aromatic heterocycles. The third-order valence-corrected chi connectivity index (χ3v) is 4.44. The average molecular weight is 365 g/mol. The highest BCUT2D eigenvalue weighted by Gasteiger charge is 2.15. The van der Waals surface area contributed by atoms with E-state index in [0.717, 1.165) is 0 Å². The topological polar surface area (TPSA) is 66.5 Å². The van der Waals surface area contributed by atoms with Crippen LogP contribution >= 0.6 is 11.6 Å². The van der Waals surface area contributed by atoms with Crippen molar-refractivity contribution in [1.29, 1.82) is 0 Å². The first-order chi connectivity index (χ1) is 11.4. The smallest absolute Gasteiger partial charge is 0.254 e. The summed E-state index contributed by atoms with van der Waals surface area (Å²) in [4.78, 5) is 26.3. The van der Waals surface area contributed by atoms with Crippen molar-refractivity contribution in [1.82, 2.24) is 4.90 Å². The van der Waals surface area contributed by atoms with E-state index in [1.807, 2.05) is 0 Å². The van der Waals surface area contributed by atoms with Gasteiger partial charge in [-0.2, -0.15) is 0 Å². The van der Waals surface area contributed by atoms with Gasteiger partial charge in [-0.25, -0.2) is 0 Å². The normalized spacial score (nSPS) is 11.6. The highest BCUT2D eigenvalue weighted by molar-refractivity contribution is 7.84. The number of amides is 2. The zero-order chi connectivity index (χ0) is 17.7. The first-order valence-electron chi connectivity index (χ1n) is 7.11. The fourth-order valence-electron chi connectivity index (χ4n) is 2.06. The van der Waals surface area contributed by atoms with Gasteiger partial charge in [0.25, 0.3) is 5.91 Å². The van der Waals surface area contributed by atoms with Gasteiger partial charge in [-0.3, -0.25) is 13.8 Å². The summed E-state index contributed by atoms with van der Waals surface area (Å²) in [5.74, 6) is -0.607. The Morgan fingerprint density at radius 2 is 1.83 bits per heavy atom. The van der Waals surface area contributed by atoms with Crippen LogP contribution in [0, 0.1) is 0 Å². The number of hydrogen-bond acceptors (Lipinski definition) is 3. The fraction of sp³-hybridized carbons (Fsp3) is 0.176. The Morgan fingerprint density at radius 3 is 2.42 bits per heavy atom. The molecule has 5 nitrogen and oxygen atoms in total. The van der Waals surface area contributed by atoms with Crippen LogP contribution in [-0.2, 0) is 15.6 Å². The highest BCUT2D eigenvalue weighted by Crippen LogP contribution is 2.15. The first kappa shape index (κ1) is 18.2. The number of carbonyl (C=O) groups excluding carboxylic acids is 2. The second-order valence-electron chi connectivity index (χ2n) is 5.20. The monoisotopic (exact) mass is 364 g/mol. The molecule has 0 bridgehead atoms. The molecule has 7 heteroatoms. The van der Waals surface area contributed by atoms with Crippen molar-refractivity contribution in [2.45, 2.75) is 4.90 Å². The third kappa shape index (κ3) is 4.91. The van der Waals surface area contributed by atoms with Crippen LogP contribution in [0.5, 0.6) is 0 Å². The lowest BCUT2D eigenvalue weighted by molar-refractivity contribution is -0.116. The molecule has 0 aliphatic heterocycles. The summed E-state index contributed by atoms with van der Waals surface area (Å²) in [6, 6.07) is 13.3. The summed E-state index contributed by atoms with van der Waals surface area (Å²) in [6.07, 6.45) is 1.57. The fourth-order valence-corrected chi connectivity index (χ4v) is 2.77. The maximum absolute atomic E-state index is 12.3. The van der Waals surface area contributed by atoms with Crippen LogP contribution in [0.25, 0.3) is 0 Å². The molecule has 0 heterocycles. The lowest BCUT2D eigenvalue weighted by Crippen LogP contribution is -2.34. The third-order valence-electron chi connectivity index (χ3n) is 3.27. The molecule has 24 heavy (non-hydrogen) atoms. The molecular formula is C17H17ClN2O3S. The number of hydrogen-bond donors (Lipinski definition) is 1. The molecular weight excluding hydrogens is 348 g/mol. The van der Waals surface area contributed by atoms with Gasteiger partial charge in [0.2, 0.25) is 5.91 Å². The van der Waals surface area contributed by atoms with Crippen molar-refractivity contribution in [3.8, 4) is 0 Å². The van der Waals surface area contributed by atoms with Crippen LogP contribution in [-0.4, -0.2) is 40.8 Å². The number of likely N-dealkylation sites (N-methyl/N-ethyl adjacent to an activating group) is 1. The van der Waals surface area contributed by atoms with E-state index in [2.05, 4.69) is 5.32 Å². The molecule has 0 aliphatic rings. The number of halogens is 1. The van der Waals surface area contributed by atoms with Crippen LogP contribution in [0.3, 0.4) is 0 Å². The number of carbonyl (C=O) groups is 2. The van der Waals surface area contributed by atoms with Crippen LogP contribution in [0.1, 0.15) is 10.4 Å². The van der Waals surface area contributed by atoms with Crippen molar-refractivity contribution in [2.24, 2.45) is 0 Å². The highest BCUT2D eigenvalue weighted by atomic mass is 35.5. The quantitative estimate of drug-likeness (QED) is 0.887. The maximum Gasteiger partial charge on any atom is 0.254 e. The van der Waals surface area contributed by atoms with E-state index in [9.17, 15) is 13.8 Å². The largest absolute Gasteiger partial charge is 0.332 e. The van der Waals surface area contributed by atoms with Gasteiger partial charge in [0.15, 0.2) is 0 Å². The molecule has 2 amide bonds. The first-order valence-corrected chi connectivity index (χ1v) is 9.05. The van der Waals surface area contributed by atoms with E-state index in [-0.39, 0.29) is 18.4 Å². The summed E-state index contributed by atoms with van der Waals surface area (Å²) in [5.41, 5.74) is 1.00. The minimum absolute atomic E-state index is 0.0905. The van der Waals surface area contributed by atoms with Crippen molar-refractivity contribution in [3.05, 3.63) is 59.1 Å². The Hall–Kier alpha value is -2.18. The molecule has 0 saturated carbocycles. The molecule has 0 unspecified atom stereocenters. The van der Waals surface area contributed by atoms with Gasteiger partial charge in [0.1, 0.15) is 0 Å². The zero-order valence-electron chi connectivity index (χ0n) is 13.3. The van der Waals surface area contributed by atoms with Crippen LogP contribution in [0.2, 0.25) is 5.02 Å². The lowest BCUT2D eigenvalue weighted by Gasteiger charge is -2.17. The summed E-state index contributed by atoms with van der Waals surface area (Å²) in [6.45, 7) is -0.0905. The molecule has 0 saturated heterocycles.